The molecule has 4 fully saturated rings. The van der Waals surface area contributed by atoms with Crippen LogP contribution in [0.4, 0.5) is 5.69 Å². The van der Waals surface area contributed by atoms with Gasteiger partial charge in [-0.05, 0) is 68.1 Å². The molecule has 0 aromatic heterocycles. The molecule has 0 spiro atoms. The zero-order valence-corrected chi connectivity index (χ0v) is 15.0. The average molecular weight is 394 g/mol. The van der Waals surface area contributed by atoms with Crippen molar-refractivity contribution in [1.29, 1.82) is 0 Å². The Balaban J connectivity index is 1.44. The summed E-state index contributed by atoms with van der Waals surface area (Å²) in [7, 11) is 0. The molecular weight excluding hydrogens is 374 g/mol. The maximum absolute atomic E-state index is 12.8. The normalized spacial score (nSPS) is 36.5. The quantitative estimate of drug-likeness (QED) is 0.329. The highest BCUT2D eigenvalue weighted by Crippen LogP contribution is 2.64. The number of ether oxygens (including phenoxy) is 1. The molecule has 6 heteroatoms. The van der Waals surface area contributed by atoms with Crippen LogP contribution >= 0.6 is 15.9 Å². The number of carbonyl (C=O) groups is 1. The van der Waals surface area contributed by atoms with Crippen molar-refractivity contribution in [2.75, 3.05) is 0 Å². The number of non-ortho nitro benzene ring substituents is 1. The van der Waals surface area contributed by atoms with Gasteiger partial charge < -0.3 is 4.74 Å². The van der Waals surface area contributed by atoms with Gasteiger partial charge in [0, 0.05) is 16.5 Å². The van der Waals surface area contributed by atoms with E-state index in [0.29, 0.717) is 11.8 Å². The SMILES string of the molecule is O=C(OCc1ccc([N+](=O)[O-])cc1)C12C[C@H]3C[C@@H](CC(Br)(C3)C1)C2. The van der Waals surface area contributed by atoms with Gasteiger partial charge in [0.25, 0.3) is 5.69 Å². The van der Waals surface area contributed by atoms with Crippen LogP contribution < -0.4 is 0 Å². The van der Waals surface area contributed by atoms with E-state index in [2.05, 4.69) is 15.9 Å². The van der Waals surface area contributed by atoms with Crippen molar-refractivity contribution in [3.05, 3.63) is 39.9 Å². The molecule has 0 amide bonds. The lowest BCUT2D eigenvalue weighted by Gasteiger charge is -2.58. The van der Waals surface area contributed by atoms with Crippen molar-refractivity contribution in [2.24, 2.45) is 17.3 Å². The second kappa shape index (κ2) is 5.55. The van der Waals surface area contributed by atoms with Gasteiger partial charge in [0.2, 0.25) is 0 Å². The lowest BCUT2D eigenvalue weighted by atomic mass is 9.49. The first-order chi connectivity index (χ1) is 11.4. The standard InChI is InChI=1S/C18H20BrNO4/c19-18-8-13-5-14(9-18)7-17(6-13,11-18)16(21)24-10-12-1-3-15(4-2-12)20(22)23/h1-4,13-14H,5-11H2/t13-,14-,17?,18?/m1/s1. The van der Waals surface area contributed by atoms with Crippen molar-refractivity contribution in [2.45, 2.75) is 49.5 Å². The molecule has 0 unspecified atom stereocenters. The van der Waals surface area contributed by atoms with E-state index in [-0.39, 0.29) is 28.0 Å². The molecule has 128 valence electrons. The lowest BCUT2D eigenvalue weighted by molar-refractivity contribution is -0.384. The van der Waals surface area contributed by atoms with Crippen molar-refractivity contribution in [3.8, 4) is 0 Å². The van der Waals surface area contributed by atoms with Crippen molar-refractivity contribution >= 4 is 27.6 Å². The zero-order chi connectivity index (χ0) is 16.9. The van der Waals surface area contributed by atoms with E-state index in [4.69, 9.17) is 4.74 Å². The van der Waals surface area contributed by atoms with E-state index < -0.39 is 4.92 Å². The van der Waals surface area contributed by atoms with E-state index >= 15 is 0 Å². The van der Waals surface area contributed by atoms with Gasteiger partial charge in [-0.2, -0.15) is 0 Å². The Morgan fingerprint density at radius 3 is 2.38 bits per heavy atom. The number of esters is 1. The minimum Gasteiger partial charge on any atom is -0.460 e. The summed E-state index contributed by atoms with van der Waals surface area (Å²) in [5.74, 6) is 1.19. The molecule has 1 aromatic rings. The van der Waals surface area contributed by atoms with E-state index in [9.17, 15) is 14.9 Å². The Morgan fingerprint density at radius 2 is 1.83 bits per heavy atom. The molecule has 0 radical (unpaired) electrons. The second-order valence-electron chi connectivity index (χ2n) is 7.89. The lowest BCUT2D eigenvalue weighted by Crippen LogP contribution is -2.56. The third-order valence-electron chi connectivity index (χ3n) is 5.94. The van der Waals surface area contributed by atoms with E-state index in [1.807, 2.05) is 0 Å². The largest absolute Gasteiger partial charge is 0.460 e. The minimum atomic E-state index is -0.430. The fraction of sp³-hybridized carbons (Fsp3) is 0.611. The smallest absolute Gasteiger partial charge is 0.312 e. The van der Waals surface area contributed by atoms with Gasteiger partial charge in [-0.1, -0.05) is 15.9 Å². The molecule has 5 rings (SSSR count). The fourth-order valence-corrected chi connectivity index (χ4v) is 6.86. The molecule has 4 aliphatic rings. The number of benzene rings is 1. The Labute approximate surface area is 149 Å². The predicted octanol–water partition coefficient (Wildman–Crippen LogP) is 4.37. The van der Waals surface area contributed by atoms with Crippen molar-refractivity contribution in [3.63, 3.8) is 0 Å². The van der Waals surface area contributed by atoms with Gasteiger partial charge in [-0.25, -0.2) is 0 Å². The molecule has 0 aliphatic heterocycles. The molecule has 24 heavy (non-hydrogen) atoms. The van der Waals surface area contributed by atoms with Gasteiger partial charge in [0.1, 0.15) is 6.61 Å². The Hall–Kier alpha value is -1.43. The maximum Gasteiger partial charge on any atom is 0.312 e. The van der Waals surface area contributed by atoms with Gasteiger partial charge in [-0.3, -0.25) is 14.9 Å². The summed E-state index contributed by atoms with van der Waals surface area (Å²) in [6.45, 7) is 0.184. The summed E-state index contributed by atoms with van der Waals surface area (Å²) in [6.07, 6.45) is 6.41. The first-order valence-electron chi connectivity index (χ1n) is 8.47. The van der Waals surface area contributed by atoms with E-state index in [1.54, 1.807) is 12.1 Å². The molecule has 1 aromatic carbocycles. The fourth-order valence-electron chi connectivity index (χ4n) is 5.41. The van der Waals surface area contributed by atoms with Crippen LogP contribution in [0.2, 0.25) is 0 Å². The number of alkyl halides is 1. The predicted molar refractivity (Wildman–Crippen MR) is 91.7 cm³/mol. The summed E-state index contributed by atoms with van der Waals surface area (Å²) < 4.78 is 5.76. The molecule has 4 saturated carbocycles. The van der Waals surface area contributed by atoms with Crippen molar-refractivity contribution in [1.82, 2.24) is 0 Å². The number of nitro benzene ring substituents is 1. The van der Waals surface area contributed by atoms with Gasteiger partial charge in [0.15, 0.2) is 0 Å². The van der Waals surface area contributed by atoms with Crippen LogP contribution in [-0.4, -0.2) is 15.2 Å². The van der Waals surface area contributed by atoms with Crippen LogP contribution in [-0.2, 0) is 16.1 Å². The summed E-state index contributed by atoms with van der Waals surface area (Å²) in [5, 5.41) is 10.7. The molecule has 4 bridgehead atoms. The Morgan fingerprint density at radius 1 is 1.21 bits per heavy atom. The number of nitro groups is 1. The highest BCUT2D eigenvalue weighted by atomic mass is 79.9. The van der Waals surface area contributed by atoms with Crippen LogP contribution in [0, 0.1) is 27.4 Å². The van der Waals surface area contributed by atoms with Crippen LogP contribution in [0.3, 0.4) is 0 Å². The van der Waals surface area contributed by atoms with Crippen LogP contribution in [0.25, 0.3) is 0 Å². The number of nitrogens with zero attached hydrogens (tertiary/aromatic N) is 1. The average Bonchev–Trinajstić information content (AvgIpc) is 2.50. The van der Waals surface area contributed by atoms with E-state index in [0.717, 1.165) is 24.8 Å². The molecule has 5 nitrogen and oxygen atoms in total. The number of halogens is 1. The summed E-state index contributed by atoms with van der Waals surface area (Å²) in [6, 6.07) is 6.19. The molecule has 0 saturated heterocycles. The molecule has 0 heterocycles. The minimum absolute atomic E-state index is 0.0485. The second-order valence-corrected chi connectivity index (χ2v) is 9.57. The van der Waals surface area contributed by atoms with Gasteiger partial charge in [0.05, 0.1) is 10.3 Å². The number of carbonyl (C=O) groups excluding carboxylic acids is 1. The van der Waals surface area contributed by atoms with E-state index in [1.165, 1.54) is 31.4 Å². The summed E-state index contributed by atoms with van der Waals surface area (Å²) in [5.41, 5.74) is 0.508. The zero-order valence-electron chi connectivity index (χ0n) is 13.4. The first kappa shape index (κ1) is 16.1. The maximum atomic E-state index is 12.8. The number of hydrogen-bond donors (Lipinski definition) is 0. The van der Waals surface area contributed by atoms with Crippen LogP contribution in [0.15, 0.2) is 24.3 Å². The number of rotatable bonds is 4. The van der Waals surface area contributed by atoms with Crippen molar-refractivity contribution < 1.29 is 14.5 Å². The number of hydrogen-bond acceptors (Lipinski definition) is 4. The molecule has 4 aliphatic carbocycles. The third-order valence-corrected chi connectivity index (χ3v) is 6.87. The Kier molecular flexibility index (Phi) is 3.71. The molecule has 2 atom stereocenters. The summed E-state index contributed by atoms with van der Waals surface area (Å²) >= 11 is 3.91. The topological polar surface area (TPSA) is 69.4 Å². The van der Waals surface area contributed by atoms with Gasteiger partial charge >= 0.3 is 5.97 Å². The summed E-state index contributed by atoms with van der Waals surface area (Å²) in [4.78, 5) is 23.1. The Bertz CT molecular complexity index is 673. The molecular formula is C18H20BrNO4. The van der Waals surface area contributed by atoms with Gasteiger partial charge in [-0.15, -0.1) is 0 Å². The monoisotopic (exact) mass is 393 g/mol. The highest BCUT2D eigenvalue weighted by Gasteiger charge is 2.60. The third kappa shape index (κ3) is 2.75. The van der Waals surface area contributed by atoms with Crippen LogP contribution in [0.5, 0.6) is 0 Å². The first-order valence-corrected chi connectivity index (χ1v) is 9.26. The highest BCUT2D eigenvalue weighted by molar-refractivity contribution is 9.10. The van der Waals surface area contributed by atoms with Crippen LogP contribution in [0.1, 0.15) is 44.1 Å². The molecule has 0 N–H and O–H groups in total.